The van der Waals surface area contributed by atoms with Gasteiger partial charge >= 0.3 is 5.97 Å². The summed E-state index contributed by atoms with van der Waals surface area (Å²) >= 11 is 0. The molecule has 2 heterocycles. The maximum atomic E-state index is 13.4. The number of nitrogens with one attached hydrogen (secondary N) is 7. The lowest BCUT2D eigenvalue weighted by Crippen LogP contribution is -2.59. The van der Waals surface area contributed by atoms with Gasteiger partial charge in [0, 0.05) is 45.3 Å². The molecule has 382 valence electrons. The van der Waals surface area contributed by atoms with Crippen LogP contribution in [0.15, 0.2) is 12.5 Å². The minimum atomic E-state index is -1.71. The van der Waals surface area contributed by atoms with Crippen molar-refractivity contribution in [1.82, 2.24) is 62.2 Å². The van der Waals surface area contributed by atoms with Crippen LogP contribution in [0.2, 0.25) is 0 Å². The summed E-state index contributed by atoms with van der Waals surface area (Å²) in [6.45, 7) is -1.21. The highest BCUT2D eigenvalue weighted by atomic mass is 16.7. The van der Waals surface area contributed by atoms with Crippen LogP contribution in [0.4, 0.5) is 0 Å². The van der Waals surface area contributed by atoms with Gasteiger partial charge in [-0.05, 0) is 29.7 Å². The largest absolute Gasteiger partial charge is 0.480 e. The highest BCUT2D eigenvalue weighted by Gasteiger charge is 2.32. The van der Waals surface area contributed by atoms with E-state index < -0.39 is 91.8 Å². The average Bonchev–Trinajstić information content (AvgIpc) is 4.04. The Bertz CT molecular complexity index is 1790. The number of carboxylic acid groups (broad SMARTS) is 1. The van der Waals surface area contributed by atoms with Gasteiger partial charge in [0.1, 0.15) is 36.5 Å². The van der Waals surface area contributed by atoms with Gasteiger partial charge in [-0.1, -0.05) is 70.6 Å². The van der Waals surface area contributed by atoms with Crippen molar-refractivity contribution in [3.05, 3.63) is 24.0 Å². The van der Waals surface area contributed by atoms with E-state index in [2.05, 4.69) is 57.2 Å². The third-order valence-electron chi connectivity index (χ3n) is 10.4. The van der Waals surface area contributed by atoms with Crippen LogP contribution in [0.3, 0.4) is 0 Å². The zero-order chi connectivity index (χ0) is 49.9. The average molecular weight is 966 g/mol. The molecule has 0 radical (unpaired) electrons. The molecule has 26 nitrogen and oxygen atoms in total. The molecule has 0 saturated carbocycles. The molecule has 0 unspecified atom stereocenters. The molecule has 12 N–H and O–H groups in total. The van der Waals surface area contributed by atoms with E-state index in [-0.39, 0.29) is 50.8 Å². The van der Waals surface area contributed by atoms with Crippen molar-refractivity contribution in [3.8, 4) is 0 Å². The van der Waals surface area contributed by atoms with Crippen molar-refractivity contribution in [2.75, 3.05) is 46.1 Å². The quantitative estimate of drug-likeness (QED) is 0.0263. The molecular weight excluding hydrogens is 895 g/mol. The minimum absolute atomic E-state index is 0.00707. The number of hydrogen-bond acceptors (Lipinski definition) is 16. The second kappa shape index (κ2) is 35.1. The lowest BCUT2D eigenvalue weighted by Gasteiger charge is -2.25. The van der Waals surface area contributed by atoms with E-state index in [1.807, 2.05) is 0 Å². The van der Waals surface area contributed by atoms with Crippen molar-refractivity contribution in [1.29, 1.82) is 0 Å². The molecule has 7 amide bonds. The number of aromatic amines is 2. The first-order valence-corrected chi connectivity index (χ1v) is 23.1. The van der Waals surface area contributed by atoms with Crippen molar-refractivity contribution < 1.29 is 63.3 Å². The summed E-state index contributed by atoms with van der Waals surface area (Å²) in [6, 6.07) is -6.44. The predicted molar refractivity (Wildman–Crippen MR) is 240 cm³/mol. The number of carbonyl (C=O) groups is 8. The Labute approximate surface area is 394 Å². The summed E-state index contributed by atoms with van der Waals surface area (Å²) in [5.41, 5.74) is 5.53. The first-order valence-electron chi connectivity index (χ1n) is 23.1. The van der Waals surface area contributed by atoms with Crippen molar-refractivity contribution in [3.63, 3.8) is 0 Å². The van der Waals surface area contributed by atoms with Gasteiger partial charge in [0.2, 0.25) is 41.4 Å². The number of hydroxylamine groups is 2. The van der Waals surface area contributed by atoms with Crippen LogP contribution in [0, 0.1) is 0 Å². The predicted octanol–water partition coefficient (Wildman–Crippen LogP) is -1.64. The zero-order valence-electron chi connectivity index (χ0n) is 38.9. The van der Waals surface area contributed by atoms with Gasteiger partial charge < -0.3 is 57.4 Å². The Morgan fingerprint density at radius 1 is 0.721 bits per heavy atom. The number of carboxylic acids is 1. The first-order chi connectivity index (χ1) is 32.7. The van der Waals surface area contributed by atoms with Crippen LogP contribution in [0.1, 0.15) is 121 Å². The molecule has 0 bridgehead atoms. The lowest BCUT2D eigenvalue weighted by molar-refractivity contribution is -0.190. The lowest BCUT2D eigenvalue weighted by atomic mass is 10.0. The number of tetrazole rings is 1. The smallest absolute Gasteiger partial charge is 0.328 e. The number of aliphatic hydroxyl groups excluding tert-OH is 2. The molecule has 0 fully saturated rings. The number of rotatable bonds is 40. The fraction of sp³-hybridized carbons (Fsp3) is 0.714. The van der Waals surface area contributed by atoms with E-state index in [4.69, 9.17) is 15.3 Å². The van der Waals surface area contributed by atoms with E-state index in [0.29, 0.717) is 11.5 Å². The number of imidazole rings is 1. The minimum Gasteiger partial charge on any atom is -0.480 e. The van der Waals surface area contributed by atoms with Gasteiger partial charge in [0.15, 0.2) is 0 Å². The van der Waals surface area contributed by atoms with Crippen molar-refractivity contribution in [2.45, 2.75) is 147 Å². The second-order valence-corrected chi connectivity index (χ2v) is 16.1. The third kappa shape index (κ3) is 26.3. The summed E-state index contributed by atoms with van der Waals surface area (Å²) in [5.74, 6) is -6.36. The summed E-state index contributed by atoms with van der Waals surface area (Å²) in [7, 11) is 0. The summed E-state index contributed by atoms with van der Waals surface area (Å²) < 4.78 is 5.46. The highest BCUT2D eigenvalue weighted by molar-refractivity contribution is 5.95. The summed E-state index contributed by atoms with van der Waals surface area (Å²) in [5, 5.41) is 54.9. The van der Waals surface area contributed by atoms with Gasteiger partial charge in [-0.15, -0.1) is 5.10 Å². The number of nitrogens with zero attached hydrogens (tertiary/aromatic N) is 5. The maximum Gasteiger partial charge on any atom is 0.328 e. The van der Waals surface area contributed by atoms with E-state index in [9.17, 15) is 53.7 Å². The monoisotopic (exact) mass is 966 g/mol. The van der Waals surface area contributed by atoms with E-state index >= 15 is 0 Å². The van der Waals surface area contributed by atoms with E-state index in [0.717, 1.165) is 44.9 Å². The highest BCUT2D eigenvalue weighted by Crippen LogP contribution is 2.14. The molecule has 26 heteroatoms. The zero-order valence-corrected chi connectivity index (χ0v) is 38.9. The number of primary amides is 1. The molecule has 0 aliphatic rings. The number of ether oxygens (including phenoxy) is 1. The van der Waals surface area contributed by atoms with Gasteiger partial charge in [-0.3, -0.25) is 38.4 Å². The van der Waals surface area contributed by atoms with Crippen LogP contribution in [0.25, 0.3) is 0 Å². The molecule has 2 aromatic rings. The number of nitrogens with two attached hydrogens (primary N) is 1. The van der Waals surface area contributed by atoms with Crippen LogP contribution < -0.4 is 32.3 Å². The van der Waals surface area contributed by atoms with Gasteiger partial charge in [-0.25, -0.2) is 19.9 Å². The normalized spacial score (nSPS) is 12.8. The van der Waals surface area contributed by atoms with E-state index in [1.165, 1.54) is 70.3 Å². The Morgan fingerprint density at radius 3 is 1.87 bits per heavy atom. The SMILES string of the molecule is CC(=O)N(CC(=O)N[C@@H](CO)C(=O)N[C@@H](CCC(N)=O)C(=O)N[C@@H](Cc1c[nH]cn1)C(=O)N[C@@H](CO)C(=O)O)OCCOCCNC(=O)CCCCCCCCCCCCCCCc1nnn[nH]1. The number of amides is 7. The summed E-state index contributed by atoms with van der Waals surface area (Å²) in [6.07, 6.45) is 18.1. The number of H-pyrrole nitrogens is 2. The molecule has 0 spiro atoms. The first kappa shape index (κ1) is 58.0. The molecule has 0 aliphatic heterocycles. The Hall–Kier alpha value is -6.12. The number of unbranched alkanes of at least 4 members (excludes halogenated alkanes) is 12. The summed E-state index contributed by atoms with van der Waals surface area (Å²) in [4.78, 5) is 112. The maximum absolute atomic E-state index is 13.4. The molecule has 2 aromatic heterocycles. The standard InChI is InChI=1S/C42H71N13O13/c1-29(58)55(68-22-21-67-20-19-45-37(60)16-14-12-10-8-6-4-2-3-5-7-9-11-13-15-36-51-53-54-52-36)25-38(61)47-33(26-56)41(64)48-31(17-18-35(43)59)39(62)49-32(23-30-24-44-28-46-30)40(63)50-34(27-57)42(65)66/h24,28,31-34,56-57H,2-23,25-27H2,1H3,(H2,43,59)(H,44,46)(H,45,60)(H,47,61)(H,48,64)(H,49,62)(H,50,63)(H,65,66)(H,51,52,53,54)/t31-,32-,33-,34-/m0/s1. The van der Waals surface area contributed by atoms with Crippen LogP contribution in [0.5, 0.6) is 0 Å². The van der Waals surface area contributed by atoms with Crippen LogP contribution in [-0.4, -0.2) is 169 Å². The van der Waals surface area contributed by atoms with Crippen molar-refractivity contribution >= 4 is 47.3 Å². The number of aliphatic hydroxyl groups is 2. The molecule has 2 rings (SSSR count). The number of hydrogen-bond donors (Lipinski definition) is 11. The van der Waals surface area contributed by atoms with Gasteiger partial charge in [-0.2, -0.15) is 0 Å². The Morgan fingerprint density at radius 2 is 1.31 bits per heavy atom. The third-order valence-corrected chi connectivity index (χ3v) is 10.4. The molecular formula is C42H71N13O13. The molecule has 68 heavy (non-hydrogen) atoms. The fourth-order valence-corrected chi connectivity index (χ4v) is 6.66. The van der Waals surface area contributed by atoms with Gasteiger partial charge in [0.25, 0.3) is 0 Å². The van der Waals surface area contributed by atoms with Gasteiger partial charge in [0.05, 0.1) is 45.1 Å². The Kier molecular flexibility index (Phi) is 29.9. The number of carbonyl (C=O) groups excluding carboxylic acids is 7. The molecule has 0 saturated heterocycles. The molecule has 0 aliphatic carbocycles. The van der Waals surface area contributed by atoms with E-state index in [1.54, 1.807) is 0 Å². The van der Waals surface area contributed by atoms with Crippen LogP contribution in [-0.2, 0) is 60.8 Å². The Balaban J connectivity index is 1.66. The molecule has 0 aromatic carbocycles. The number of aromatic nitrogens is 6. The number of aryl methyl sites for hydroxylation is 1. The molecule has 4 atom stereocenters. The van der Waals surface area contributed by atoms with Crippen molar-refractivity contribution in [2.24, 2.45) is 5.73 Å². The second-order valence-electron chi connectivity index (χ2n) is 16.1. The topological polar surface area (TPSA) is 388 Å². The van der Waals surface area contributed by atoms with Crippen LogP contribution >= 0.6 is 0 Å². The number of aliphatic carboxylic acids is 1. The fourth-order valence-electron chi connectivity index (χ4n) is 6.66.